The van der Waals surface area contributed by atoms with Gasteiger partial charge in [0.1, 0.15) is 0 Å². The van der Waals surface area contributed by atoms with Gasteiger partial charge in [-0.2, -0.15) is 0 Å². The molecule has 6 heteroatoms. The zero-order valence-electron chi connectivity index (χ0n) is 15.0. The zero-order valence-corrected chi connectivity index (χ0v) is 15.0. The minimum Gasteiger partial charge on any atom is -0.481 e. The van der Waals surface area contributed by atoms with Crippen LogP contribution in [-0.2, 0) is 4.79 Å². The van der Waals surface area contributed by atoms with Crippen molar-refractivity contribution in [1.82, 2.24) is 4.90 Å². The second kappa shape index (κ2) is 8.29. The number of benzene rings is 2. The monoisotopic (exact) mass is 354 g/mol. The normalized spacial score (nSPS) is 11.5. The summed E-state index contributed by atoms with van der Waals surface area (Å²) in [5, 5.41) is 11.8. The number of nitrogens with zero attached hydrogens (tertiary/aromatic N) is 1. The molecule has 0 spiro atoms. The number of carbonyl (C=O) groups excluding carboxylic acids is 2. The first-order chi connectivity index (χ1) is 12.3. The second-order valence-corrected chi connectivity index (χ2v) is 6.27. The van der Waals surface area contributed by atoms with Gasteiger partial charge in [-0.15, -0.1) is 0 Å². The minimum atomic E-state index is -0.954. The van der Waals surface area contributed by atoms with E-state index in [1.165, 1.54) is 4.90 Å². The van der Waals surface area contributed by atoms with Gasteiger partial charge in [0.05, 0.1) is 5.92 Å². The molecule has 0 radical (unpaired) electrons. The van der Waals surface area contributed by atoms with Crippen molar-refractivity contribution in [2.24, 2.45) is 5.92 Å². The number of carboxylic acids is 1. The lowest BCUT2D eigenvalue weighted by molar-refractivity contribution is -0.141. The zero-order chi connectivity index (χ0) is 19.3. The standard InChI is InChI=1S/C20H22N2O4/c1-13-9-10-16(19(24)22(3)12-14(2)20(25)26)11-17(13)21-18(23)15-7-5-4-6-8-15/h4-11,14H,12H2,1-3H3,(H,21,23)(H,25,26). The Morgan fingerprint density at radius 1 is 1.08 bits per heavy atom. The Morgan fingerprint density at radius 2 is 1.73 bits per heavy atom. The number of hydrogen-bond acceptors (Lipinski definition) is 3. The van der Waals surface area contributed by atoms with Crippen molar-refractivity contribution in [2.75, 3.05) is 18.9 Å². The number of hydrogen-bond donors (Lipinski definition) is 2. The molecular weight excluding hydrogens is 332 g/mol. The molecule has 6 nitrogen and oxygen atoms in total. The van der Waals surface area contributed by atoms with Crippen LogP contribution >= 0.6 is 0 Å². The van der Waals surface area contributed by atoms with E-state index in [1.807, 2.05) is 13.0 Å². The summed E-state index contributed by atoms with van der Waals surface area (Å²) in [5.41, 5.74) is 2.28. The quantitative estimate of drug-likeness (QED) is 0.835. The topological polar surface area (TPSA) is 86.7 Å². The molecule has 0 saturated carbocycles. The van der Waals surface area contributed by atoms with E-state index >= 15 is 0 Å². The van der Waals surface area contributed by atoms with Crippen molar-refractivity contribution in [2.45, 2.75) is 13.8 Å². The Bertz CT molecular complexity index is 818. The number of aryl methyl sites for hydroxylation is 1. The van der Waals surface area contributed by atoms with Crippen LogP contribution in [-0.4, -0.2) is 41.4 Å². The van der Waals surface area contributed by atoms with Crippen molar-refractivity contribution in [1.29, 1.82) is 0 Å². The molecule has 2 aromatic rings. The van der Waals surface area contributed by atoms with Crippen LogP contribution in [0.4, 0.5) is 5.69 Å². The van der Waals surface area contributed by atoms with E-state index in [0.29, 0.717) is 16.8 Å². The Kier molecular flexibility index (Phi) is 6.11. The number of carboxylic acid groups (broad SMARTS) is 1. The predicted octanol–water partition coefficient (Wildman–Crippen LogP) is 3.04. The molecule has 0 aromatic heterocycles. The summed E-state index contributed by atoms with van der Waals surface area (Å²) in [4.78, 5) is 37.2. The minimum absolute atomic E-state index is 0.105. The lowest BCUT2D eigenvalue weighted by Gasteiger charge is -2.20. The fourth-order valence-electron chi connectivity index (χ4n) is 2.47. The maximum Gasteiger partial charge on any atom is 0.308 e. The van der Waals surface area contributed by atoms with Gasteiger partial charge < -0.3 is 15.3 Å². The van der Waals surface area contributed by atoms with Crippen molar-refractivity contribution in [3.8, 4) is 0 Å². The number of amides is 2. The molecule has 26 heavy (non-hydrogen) atoms. The van der Waals surface area contributed by atoms with Gasteiger partial charge in [0.2, 0.25) is 0 Å². The smallest absolute Gasteiger partial charge is 0.308 e. The average Bonchev–Trinajstić information content (AvgIpc) is 2.63. The number of aliphatic carboxylic acids is 1. The van der Waals surface area contributed by atoms with Gasteiger partial charge >= 0.3 is 5.97 Å². The molecule has 2 aromatic carbocycles. The SMILES string of the molecule is Cc1ccc(C(=O)N(C)CC(C)C(=O)O)cc1NC(=O)c1ccccc1. The molecule has 1 atom stereocenters. The first-order valence-electron chi connectivity index (χ1n) is 8.25. The fraction of sp³-hybridized carbons (Fsp3) is 0.250. The van der Waals surface area contributed by atoms with E-state index in [2.05, 4.69) is 5.32 Å². The molecule has 2 rings (SSSR count). The van der Waals surface area contributed by atoms with Gasteiger partial charge in [0.25, 0.3) is 11.8 Å². The highest BCUT2D eigenvalue weighted by atomic mass is 16.4. The Morgan fingerprint density at radius 3 is 2.35 bits per heavy atom. The molecule has 0 fully saturated rings. The lowest BCUT2D eigenvalue weighted by atomic mass is 10.1. The molecule has 0 aliphatic rings. The molecule has 0 heterocycles. The van der Waals surface area contributed by atoms with Crippen LogP contribution in [0.25, 0.3) is 0 Å². The van der Waals surface area contributed by atoms with E-state index in [4.69, 9.17) is 5.11 Å². The maximum atomic E-state index is 12.5. The van der Waals surface area contributed by atoms with Crippen molar-refractivity contribution >= 4 is 23.5 Å². The summed E-state index contributed by atoms with van der Waals surface area (Å²) in [6.45, 7) is 3.49. The third-order valence-corrected chi connectivity index (χ3v) is 4.08. The van der Waals surface area contributed by atoms with Crippen LogP contribution in [0, 0.1) is 12.8 Å². The predicted molar refractivity (Wildman–Crippen MR) is 99.3 cm³/mol. The van der Waals surface area contributed by atoms with Crippen LogP contribution in [0.2, 0.25) is 0 Å². The first kappa shape index (κ1) is 19.2. The summed E-state index contributed by atoms with van der Waals surface area (Å²) in [5.74, 6) is -2.17. The third kappa shape index (κ3) is 4.69. The number of anilines is 1. The molecule has 1 unspecified atom stereocenters. The summed E-state index contributed by atoms with van der Waals surface area (Å²) >= 11 is 0. The van der Waals surface area contributed by atoms with Gasteiger partial charge in [0.15, 0.2) is 0 Å². The van der Waals surface area contributed by atoms with Gasteiger partial charge in [-0.1, -0.05) is 31.2 Å². The Hall–Kier alpha value is -3.15. The summed E-state index contributed by atoms with van der Waals surface area (Å²) in [7, 11) is 1.56. The van der Waals surface area contributed by atoms with Crippen LogP contribution in [0.15, 0.2) is 48.5 Å². The van der Waals surface area contributed by atoms with Gasteiger partial charge in [0, 0.05) is 30.4 Å². The Labute approximate surface area is 152 Å². The molecule has 0 aliphatic heterocycles. The van der Waals surface area contributed by atoms with Crippen LogP contribution in [0.1, 0.15) is 33.2 Å². The van der Waals surface area contributed by atoms with Gasteiger partial charge in [-0.05, 0) is 36.8 Å². The summed E-state index contributed by atoms with van der Waals surface area (Å²) in [6.07, 6.45) is 0. The van der Waals surface area contributed by atoms with Crippen molar-refractivity contribution < 1.29 is 19.5 Å². The molecule has 2 N–H and O–H groups in total. The van der Waals surface area contributed by atoms with E-state index < -0.39 is 11.9 Å². The largest absolute Gasteiger partial charge is 0.481 e. The molecule has 2 amide bonds. The van der Waals surface area contributed by atoms with Crippen LogP contribution < -0.4 is 5.32 Å². The van der Waals surface area contributed by atoms with Crippen LogP contribution in [0.5, 0.6) is 0 Å². The highest BCUT2D eigenvalue weighted by Crippen LogP contribution is 2.19. The highest BCUT2D eigenvalue weighted by molar-refractivity contribution is 6.05. The summed E-state index contributed by atoms with van der Waals surface area (Å²) < 4.78 is 0. The average molecular weight is 354 g/mol. The van der Waals surface area contributed by atoms with E-state index in [9.17, 15) is 14.4 Å². The van der Waals surface area contributed by atoms with Crippen molar-refractivity contribution in [3.63, 3.8) is 0 Å². The van der Waals surface area contributed by atoms with Crippen molar-refractivity contribution in [3.05, 3.63) is 65.2 Å². The number of carbonyl (C=O) groups is 3. The summed E-state index contributed by atoms with van der Waals surface area (Å²) in [6, 6.07) is 13.8. The van der Waals surface area contributed by atoms with E-state index in [-0.39, 0.29) is 18.4 Å². The van der Waals surface area contributed by atoms with E-state index in [1.54, 1.807) is 56.4 Å². The second-order valence-electron chi connectivity index (χ2n) is 6.27. The third-order valence-electron chi connectivity index (χ3n) is 4.08. The first-order valence-corrected chi connectivity index (χ1v) is 8.25. The van der Waals surface area contributed by atoms with Crippen LogP contribution in [0.3, 0.4) is 0 Å². The van der Waals surface area contributed by atoms with Gasteiger partial charge in [-0.25, -0.2) is 0 Å². The van der Waals surface area contributed by atoms with E-state index in [0.717, 1.165) is 5.56 Å². The molecule has 136 valence electrons. The fourth-order valence-corrected chi connectivity index (χ4v) is 2.47. The maximum absolute atomic E-state index is 12.5. The molecule has 0 aliphatic carbocycles. The number of rotatable bonds is 6. The molecule has 0 saturated heterocycles. The molecule has 0 bridgehead atoms. The molecular formula is C20H22N2O4. The Balaban J connectivity index is 2.17. The van der Waals surface area contributed by atoms with Gasteiger partial charge in [-0.3, -0.25) is 14.4 Å². The highest BCUT2D eigenvalue weighted by Gasteiger charge is 2.19. The number of nitrogens with one attached hydrogen (secondary N) is 1. The lowest BCUT2D eigenvalue weighted by Crippen LogP contribution is -2.33.